The third-order valence-electron chi connectivity index (χ3n) is 1.58. The molecule has 3 heteroatoms. The maximum atomic E-state index is 12.7. The largest absolute Gasteiger partial charge is 0.204 e. The number of benzene rings is 1. The summed E-state index contributed by atoms with van der Waals surface area (Å²) in [5, 5.41) is -0.140. The highest BCUT2D eigenvalue weighted by Crippen LogP contribution is 2.20. The minimum Gasteiger partial charge on any atom is -0.204 e. The van der Waals surface area contributed by atoms with Gasteiger partial charge in [0.15, 0.2) is 11.6 Å². The minimum atomic E-state index is -0.962. The molecule has 0 N–H and O–H groups in total. The fourth-order valence-electron chi connectivity index (χ4n) is 1.04. The average molecular weight is 191 g/mol. The van der Waals surface area contributed by atoms with E-state index in [0.29, 0.717) is 0 Å². The summed E-state index contributed by atoms with van der Waals surface area (Å²) in [5.74, 6) is -1.83. The molecular formula is C9H9ClF2. The maximum Gasteiger partial charge on any atom is 0.177 e. The Labute approximate surface area is 75.2 Å². The van der Waals surface area contributed by atoms with Crippen molar-refractivity contribution in [2.45, 2.75) is 19.8 Å². The smallest absolute Gasteiger partial charge is 0.177 e. The third-order valence-corrected chi connectivity index (χ3v) is 1.86. The Kier molecular flexibility index (Phi) is 3.04. The first-order chi connectivity index (χ1) is 5.65. The SMILES string of the molecule is CCCc1cc(F)c(F)c(Cl)c1. The molecule has 0 fully saturated rings. The van der Waals surface area contributed by atoms with E-state index in [0.717, 1.165) is 18.4 Å². The Bertz CT molecular complexity index is 261. The molecule has 0 saturated heterocycles. The van der Waals surface area contributed by atoms with Gasteiger partial charge < -0.3 is 0 Å². The molecule has 0 aliphatic rings. The Hall–Kier alpha value is -0.630. The Morgan fingerprint density at radius 2 is 2.00 bits per heavy atom. The molecular weight excluding hydrogens is 182 g/mol. The van der Waals surface area contributed by atoms with Crippen molar-refractivity contribution in [1.29, 1.82) is 0 Å². The monoisotopic (exact) mass is 190 g/mol. The van der Waals surface area contributed by atoms with Crippen molar-refractivity contribution in [3.63, 3.8) is 0 Å². The van der Waals surface area contributed by atoms with Gasteiger partial charge in [0.1, 0.15) is 0 Å². The van der Waals surface area contributed by atoms with E-state index in [1.54, 1.807) is 0 Å². The highest BCUT2D eigenvalue weighted by molar-refractivity contribution is 6.30. The maximum absolute atomic E-state index is 12.7. The predicted octanol–water partition coefficient (Wildman–Crippen LogP) is 3.57. The summed E-state index contributed by atoms with van der Waals surface area (Å²) in [5.41, 5.74) is 0.737. The zero-order valence-corrected chi connectivity index (χ0v) is 7.46. The van der Waals surface area contributed by atoms with E-state index in [1.807, 2.05) is 6.92 Å². The second-order valence-electron chi connectivity index (χ2n) is 2.62. The van der Waals surface area contributed by atoms with Crippen LogP contribution in [0.25, 0.3) is 0 Å². The van der Waals surface area contributed by atoms with Crippen LogP contribution in [-0.2, 0) is 6.42 Å². The third kappa shape index (κ3) is 1.95. The van der Waals surface area contributed by atoms with Crippen molar-refractivity contribution >= 4 is 11.6 Å². The number of aryl methyl sites for hydroxylation is 1. The molecule has 0 amide bonds. The number of rotatable bonds is 2. The molecule has 0 unspecified atom stereocenters. The lowest BCUT2D eigenvalue weighted by Crippen LogP contribution is -1.90. The molecule has 0 saturated carbocycles. The molecule has 0 nitrogen and oxygen atoms in total. The first kappa shape index (κ1) is 9.46. The van der Waals surface area contributed by atoms with Crippen LogP contribution in [-0.4, -0.2) is 0 Å². The molecule has 0 aliphatic heterocycles. The second-order valence-corrected chi connectivity index (χ2v) is 3.03. The molecule has 0 atom stereocenters. The van der Waals surface area contributed by atoms with Crippen LogP contribution in [0.5, 0.6) is 0 Å². The van der Waals surface area contributed by atoms with Crippen LogP contribution in [0.2, 0.25) is 5.02 Å². The Morgan fingerprint density at radius 1 is 1.33 bits per heavy atom. The molecule has 1 rings (SSSR count). The van der Waals surface area contributed by atoms with Gasteiger partial charge in [0.25, 0.3) is 0 Å². The lowest BCUT2D eigenvalue weighted by atomic mass is 10.1. The van der Waals surface area contributed by atoms with Crippen molar-refractivity contribution in [3.8, 4) is 0 Å². The number of hydrogen-bond acceptors (Lipinski definition) is 0. The Balaban J connectivity index is 3.04. The molecule has 0 heterocycles. The summed E-state index contributed by atoms with van der Waals surface area (Å²) < 4.78 is 25.3. The molecule has 0 spiro atoms. The lowest BCUT2D eigenvalue weighted by Gasteiger charge is -2.01. The minimum absolute atomic E-state index is 0.140. The van der Waals surface area contributed by atoms with Gasteiger partial charge in [-0.2, -0.15) is 0 Å². The fourth-order valence-corrected chi connectivity index (χ4v) is 1.27. The first-order valence-electron chi connectivity index (χ1n) is 3.78. The van der Waals surface area contributed by atoms with Gasteiger partial charge in [-0.3, -0.25) is 0 Å². The summed E-state index contributed by atoms with van der Waals surface area (Å²) in [6.45, 7) is 1.97. The van der Waals surface area contributed by atoms with Crippen molar-refractivity contribution in [1.82, 2.24) is 0 Å². The highest BCUT2D eigenvalue weighted by Gasteiger charge is 2.07. The quantitative estimate of drug-likeness (QED) is 0.626. The van der Waals surface area contributed by atoms with Gasteiger partial charge in [-0.25, -0.2) is 8.78 Å². The molecule has 0 aliphatic carbocycles. The molecule has 12 heavy (non-hydrogen) atoms. The zero-order valence-electron chi connectivity index (χ0n) is 6.70. The van der Waals surface area contributed by atoms with E-state index in [-0.39, 0.29) is 5.02 Å². The number of halogens is 3. The van der Waals surface area contributed by atoms with E-state index in [9.17, 15) is 8.78 Å². The lowest BCUT2D eigenvalue weighted by molar-refractivity contribution is 0.507. The second kappa shape index (κ2) is 3.85. The standard InChI is InChI=1S/C9H9ClF2/c1-2-3-6-4-7(10)9(12)8(11)5-6/h4-5H,2-3H2,1H3. The molecule has 1 aromatic carbocycles. The first-order valence-corrected chi connectivity index (χ1v) is 4.16. The van der Waals surface area contributed by atoms with Crippen LogP contribution in [0.4, 0.5) is 8.78 Å². The summed E-state index contributed by atoms with van der Waals surface area (Å²) in [6.07, 6.45) is 1.61. The van der Waals surface area contributed by atoms with Crippen LogP contribution < -0.4 is 0 Å². The van der Waals surface area contributed by atoms with Gasteiger partial charge >= 0.3 is 0 Å². The van der Waals surface area contributed by atoms with Gasteiger partial charge in [0.2, 0.25) is 0 Å². The van der Waals surface area contributed by atoms with Gasteiger partial charge in [-0.15, -0.1) is 0 Å². The molecule has 0 aromatic heterocycles. The summed E-state index contributed by atoms with van der Waals surface area (Å²) >= 11 is 5.44. The van der Waals surface area contributed by atoms with Crippen LogP contribution in [0.3, 0.4) is 0 Å². The molecule has 0 radical (unpaired) electrons. The normalized spacial score (nSPS) is 10.3. The van der Waals surface area contributed by atoms with E-state index in [4.69, 9.17) is 11.6 Å². The van der Waals surface area contributed by atoms with Crippen LogP contribution in [0, 0.1) is 11.6 Å². The van der Waals surface area contributed by atoms with Crippen molar-refractivity contribution in [3.05, 3.63) is 34.4 Å². The predicted molar refractivity (Wildman–Crippen MR) is 45.4 cm³/mol. The van der Waals surface area contributed by atoms with Crippen molar-refractivity contribution < 1.29 is 8.78 Å². The Morgan fingerprint density at radius 3 is 2.50 bits per heavy atom. The summed E-state index contributed by atoms with van der Waals surface area (Å²) in [4.78, 5) is 0. The van der Waals surface area contributed by atoms with Crippen LogP contribution in [0.15, 0.2) is 12.1 Å². The van der Waals surface area contributed by atoms with Gasteiger partial charge in [-0.1, -0.05) is 24.9 Å². The van der Waals surface area contributed by atoms with Crippen LogP contribution >= 0.6 is 11.6 Å². The molecule has 66 valence electrons. The number of hydrogen-bond donors (Lipinski definition) is 0. The van der Waals surface area contributed by atoms with Gasteiger partial charge in [-0.05, 0) is 24.1 Å². The van der Waals surface area contributed by atoms with Crippen LogP contribution in [0.1, 0.15) is 18.9 Å². The fraction of sp³-hybridized carbons (Fsp3) is 0.333. The van der Waals surface area contributed by atoms with E-state index in [1.165, 1.54) is 12.1 Å². The van der Waals surface area contributed by atoms with E-state index in [2.05, 4.69) is 0 Å². The van der Waals surface area contributed by atoms with Gasteiger partial charge in [0.05, 0.1) is 5.02 Å². The molecule has 1 aromatic rings. The summed E-state index contributed by atoms with van der Waals surface area (Å²) in [7, 11) is 0. The average Bonchev–Trinajstić information content (AvgIpc) is 2.01. The molecule has 0 bridgehead atoms. The summed E-state index contributed by atoms with van der Waals surface area (Å²) in [6, 6.07) is 2.65. The van der Waals surface area contributed by atoms with Gasteiger partial charge in [0, 0.05) is 0 Å². The van der Waals surface area contributed by atoms with E-state index < -0.39 is 11.6 Å². The topological polar surface area (TPSA) is 0 Å². The van der Waals surface area contributed by atoms with Crippen molar-refractivity contribution in [2.75, 3.05) is 0 Å². The highest BCUT2D eigenvalue weighted by atomic mass is 35.5. The van der Waals surface area contributed by atoms with E-state index >= 15 is 0 Å². The zero-order chi connectivity index (χ0) is 9.14. The van der Waals surface area contributed by atoms with Crippen molar-refractivity contribution in [2.24, 2.45) is 0 Å².